The van der Waals surface area contributed by atoms with E-state index in [0.717, 1.165) is 0 Å². The highest BCUT2D eigenvalue weighted by Gasteiger charge is 2.38. The summed E-state index contributed by atoms with van der Waals surface area (Å²) in [7, 11) is 0. The molecule has 11 nitrogen and oxygen atoms in total. The second-order valence-electron chi connectivity index (χ2n) is 9.72. The summed E-state index contributed by atoms with van der Waals surface area (Å²) in [4.78, 5) is 65.2. The Balaban J connectivity index is 2.42. The second kappa shape index (κ2) is 12.6. The van der Waals surface area contributed by atoms with Crippen molar-refractivity contribution in [2.75, 3.05) is 13.1 Å². The monoisotopic (exact) mass is 493 g/mol. The van der Waals surface area contributed by atoms with Gasteiger partial charge in [-0.2, -0.15) is 0 Å². The van der Waals surface area contributed by atoms with Gasteiger partial charge in [-0.15, -0.1) is 0 Å². The first kappa shape index (κ1) is 28.1. The molecule has 5 N–H and O–H groups in total. The van der Waals surface area contributed by atoms with Crippen LogP contribution in [0.25, 0.3) is 0 Å². The zero-order valence-electron chi connectivity index (χ0n) is 21.1. The molecule has 0 spiro atoms. The van der Waals surface area contributed by atoms with Crippen LogP contribution in [0.2, 0.25) is 0 Å². The van der Waals surface area contributed by atoms with Gasteiger partial charge in [-0.05, 0) is 31.1 Å². The van der Waals surface area contributed by atoms with Crippen LogP contribution < -0.4 is 21.3 Å². The lowest BCUT2D eigenvalue weighted by molar-refractivity contribution is -0.139. The van der Waals surface area contributed by atoms with Gasteiger partial charge in [0.05, 0.1) is 12.6 Å². The number of nitrogens with one attached hydrogen (secondary N) is 4. The van der Waals surface area contributed by atoms with Crippen LogP contribution in [0.1, 0.15) is 59.8 Å². The summed E-state index contributed by atoms with van der Waals surface area (Å²) in [5.74, 6) is -3.21. The molecule has 5 atom stereocenters. The molecule has 35 heavy (non-hydrogen) atoms. The van der Waals surface area contributed by atoms with Gasteiger partial charge in [0.25, 0.3) is 0 Å². The van der Waals surface area contributed by atoms with E-state index in [1.807, 2.05) is 13.8 Å². The van der Waals surface area contributed by atoms with E-state index in [-0.39, 0.29) is 42.8 Å². The molecule has 2 aliphatic heterocycles. The molecule has 4 amide bonds. The van der Waals surface area contributed by atoms with Crippen molar-refractivity contribution in [1.82, 2.24) is 26.2 Å². The molecule has 0 saturated carbocycles. The van der Waals surface area contributed by atoms with Crippen LogP contribution in [0, 0.1) is 11.8 Å². The van der Waals surface area contributed by atoms with E-state index in [0.29, 0.717) is 25.8 Å². The van der Waals surface area contributed by atoms with Crippen molar-refractivity contribution >= 4 is 29.6 Å². The van der Waals surface area contributed by atoms with Gasteiger partial charge in [-0.25, -0.2) is 0 Å². The average Bonchev–Trinajstić information content (AvgIpc) is 3.30. The Bertz CT molecular complexity index is 844. The number of fused-ring (bicyclic) bond motifs is 1. The lowest BCUT2D eigenvalue weighted by atomic mass is 9.95. The Kier molecular flexibility index (Phi) is 10.1. The van der Waals surface area contributed by atoms with Crippen LogP contribution in [-0.4, -0.2) is 76.9 Å². The number of rotatable bonds is 6. The number of hydrogen-bond acceptors (Lipinski definition) is 6. The molecule has 2 heterocycles. The average molecular weight is 494 g/mol. The number of aliphatic carboxylic acids is 1. The van der Waals surface area contributed by atoms with Gasteiger partial charge in [0, 0.05) is 18.7 Å². The van der Waals surface area contributed by atoms with Crippen molar-refractivity contribution in [1.29, 1.82) is 0 Å². The smallest absolute Gasteiger partial charge is 0.303 e. The SMILES string of the molecule is C=C1NCC(=O)N2CCCC2C(=O)NC(C(C)CC)C(=O)NC(C(C)C)C(=O)NC1CCC(=O)O. The van der Waals surface area contributed by atoms with Crippen LogP contribution in [0.15, 0.2) is 12.3 Å². The lowest BCUT2D eigenvalue weighted by Gasteiger charge is -2.30. The van der Waals surface area contributed by atoms with E-state index in [1.54, 1.807) is 13.8 Å². The van der Waals surface area contributed by atoms with Crippen molar-refractivity contribution in [3.05, 3.63) is 12.3 Å². The number of carbonyl (C=O) groups is 5. The molecule has 0 bridgehead atoms. The molecule has 0 radical (unpaired) electrons. The van der Waals surface area contributed by atoms with Gasteiger partial charge in [-0.1, -0.05) is 40.7 Å². The predicted octanol–water partition coefficient (Wildman–Crippen LogP) is 0.116. The maximum absolute atomic E-state index is 13.3. The molecule has 0 aliphatic carbocycles. The van der Waals surface area contributed by atoms with Gasteiger partial charge in [0.2, 0.25) is 23.6 Å². The maximum atomic E-state index is 13.3. The third kappa shape index (κ3) is 7.43. The number of carboxylic acids is 1. The van der Waals surface area contributed by atoms with E-state index < -0.39 is 47.9 Å². The first-order valence-corrected chi connectivity index (χ1v) is 12.3. The van der Waals surface area contributed by atoms with E-state index >= 15 is 0 Å². The second-order valence-corrected chi connectivity index (χ2v) is 9.72. The summed E-state index contributed by atoms with van der Waals surface area (Å²) in [6.45, 7) is 11.5. The van der Waals surface area contributed by atoms with Gasteiger partial charge in [0.15, 0.2) is 0 Å². The highest BCUT2D eigenvalue weighted by molar-refractivity contribution is 5.95. The van der Waals surface area contributed by atoms with Gasteiger partial charge in [0.1, 0.15) is 18.1 Å². The Morgan fingerprint density at radius 3 is 2.29 bits per heavy atom. The van der Waals surface area contributed by atoms with Gasteiger partial charge in [-0.3, -0.25) is 24.0 Å². The molecule has 2 rings (SSSR count). The summed E-state index contributed by atoms with van der Waals surface area (Å²) in [5.41, 5.74) is 0.286. The molecule has 2 saturated heterocycles. The number of carboxylic acid groups (broad SMARTS) is 1. The molecule has 2 aliphatic rings. The van der Waals surface area contributed by atoms with E-state index in [9.17, 15) is 24.0 Å². The normalized spacial score (nSPS) is 27.7. The van der Waals surface area contributed by atoms with Crippen molar-refractivity contribution in [3.63, 3.8) is 0 Å². The van der Waals surface area contributed by atoms with Crippen molar-refractivity contribution in [2.45, 2.75) is 84.0 Å². The largest absolute Gasteiger partial charge is 0.481 e. The molecule has 5 unspecified atom stereocenters. The Morgan fingerprint density at radius 2 is 1.69 bits per heavy atom. The lowest BCUT2D eigenvalue weighted by Crippen LogP contribution is -2.59. The topological polar surface area (TPSA) is 157 Å². The maximum Gasteiger partial charge on any atom is 0.303 e. The molecule has 0 aromatic rings. The van der Waals surface area contributed by atoms with Crippen molar-refractivity contribution in [3.8, 4) is 0 Å². The highest BCUT2D eigenvalue weighted by atomic mass is 16.4. The molecule has 196 valence electrons. The summed E-state index contributed by atoms with van der Waals surface area (Å²) in [6, 6.07) is -3.25. The van der Waals surface area contributed by atoms with Crippen LogP contribution in [0.3, 0.4) is 0 Å². The summed E-state index contributed by atoms with van der Waals surface area (Å²) >= 11 is 0. The minimum absolute atomic E-state index is 0.0573. The van der Waals surface area contributed by atoms with Gasteiger partial charge >= 0.3 is 5.97 Å². The first-order valence-electron chi connectivity index (χ1n) is 12.3. The van der Waals surface area contributed by atoms with Gasteiger partial charge < -0.3 is 31.3 Å². The Labute approximate surface area is 206 Å². The first-order chi connectivity index (χ1) is 16.5. The third-order valence-electron chi connectivity index (χ3n) is 6.77. The fraction of sp³-hybridized carbons (Fsp3) is 0.708. The number of carbonyl (C=O) groups excluding carboxylic acids is 4. The zero-order valence-corrected chi connectivity index (χ0v) is 21.1. The molecule has 0 aromatic heterocycles. The van der Waals surface area contributed by atoms with Crippen LogP contribution in [0.4, 0.5) is 0 Å². The van der Waals surface area contributed by atoms with Crippen molar-refractivity contribution in [2.24, 2.45) is 11.8 Å². The molecular formula is C24H39N5O6. The number of nitrogens with zero attached hydrogens (tertiary/aromatic N) is 1. The standard InChI is InChI=1S/C24H39N5O6/c1-6-14(4)21-24(35)27-20(13(2)3)23(34)26-16(9-10-19(31)32)15(5)25-12-18(30)29-11-7-8-17(29)22(33)28-21/h13-14,16-17,20-21,25H,5-12H2,1-4H3,(H,26,34)(H,27,35)(H,28,33)(H,31,32). The van der Waals surface area contributed by atoms with Crippen LogP contribution in [-0.2, 0) is 24.0 Å². The van der Waals surface area contributed by atoms with Crippen LogP contribution >= 0.6 is 0 Å². The minimum atomic E-state index is -1.03. The minimum Gasteiger partial charge on any atom is -0.481 e. The third-order valence-corrected chi connectivity index (χ3v) is 6.77. The summed E-state index contributed by atoms with van der Waals surface area (Å²) < 4.78 is 0. The highest BCUT2D eigenvalue weighted by Crippen LogP contribution is 2.19. The quantitative estimate of drug-likeness (QED) is 0.352. The van der Waals surface area contributed by atoms with E-state index in [2.05, 4.69) is 27.8 Å². The Hall–Kier alpha value is -3.11. The molecule has 11 heteroatoms. The fourth-order valence-electron chi connectivity index (χ4n) is 4.34. The molecular weight excluding hydrogens is 454 g/mol. The Morgan fingerprint density at radius 1 is 1.06 bits per heavy atom. The van der Waals surface area contributed by atoms with Crippen LogP contribution in [0.5, 0.6) is 0 Å². The zero-order chi connectivity index (χ0) is 26.3. The fourth-order valence-corrected chi connectivity index (χ4v) is 4.34. The predicted molar refractivity (Wildman–Crippen MR) is 129 cm³/mol. The van der Waals surface area contributed by atoms with E-state index in [4.69, 9.17) is 5.11 Å². The summed E-state index contributed by atoms with van der Waals surface area (Å²) in [5, 5.41) is 20.4. The van der Waals surface area contributed by atoms with E-state index in [1.165, 1.54) is 4.90 Å². The molecule has 0 aromatic carbocycles. The summed E-state index contributed by atoms with van der Waals surface area (Å²) in [6.07, 6.45) is 1.61. The van der Waals surface area contributed by atoms with Crippen molar-refractivity contribution < 1.29 is 29.1 Å². The number of amides is 4. The number of hydrogen-bond donors (Lipinski definition) is 5. The molecule has 2 fully saturated rings.